The van der Waals surface area contributed by atoms with E-state index in [1.807, 2.05) is 0 Å². The van der Waals surface area contributed by atoms with Crippen molar-refractivity contribution in [2.24, 2.45) is 16.3 Å². The van der Waals surface area contributed by atoms with Crippen LogP contribution in [0.5, 0.6) is 0 Å². The van der Waals surface area contributed by atoms with Crippen LogP contribution < -0.4 is 10.6 Å². The third-order valence-electron chi connectivity index (χ3n) is 5.62. The van der Waals surface area contributed by atoms with Crippen molar-refractivity contribution in [2.45, 2.75) is 64.4 Å². The second-order valence-corrected chi connectivity index (χ2v) is 7.44. The van der Waals surface area contributed by atoms with E-state index in [9.17, 15) is 0 Å². The average Bonchev–Trinajstić information content (AvgIpc) is 3.17. The Morgan fingerprint density at radius 3 is 2.52 bits per heavy atom. The lowest BCUT2D eigenvalue weighted by Crippen LogP contribution is -2.46. The summed E-state index contributed by atoms with van der Waals surface area (Å²) in [7, 11) is 0. The van der Waals surface area contributed by atoms with Crippen LogP contribution in [0, 0.1) is 11.3 Å². The first-order chi connectivity index (χ1) is 10.2. The molecule has 1 atom stereocenters. The van der Waals surface area contributed by atoms with Crippen LogP contribution in [-0.4, -0.2) is 37.8 Å². The molecule has 4 nitrogen and oxygen atoms in total. The van der Waals surface area contributed by atoms with E-state index in [2.05, 4.69) is 24.5 Å². The van der Waals surface area contributed by atoms with Gasteiger partial charge in [0.2, 0.25) is 0 Å². The molecule has 0 bridgehead atoms. The Morgan fingerprint density at radius 1 is 1.19 bits per heavy atom. The van der Waals surface area contributed by atoms with Gasteiger partial charge in [-0.15, -0.1) is 0 Å². The van der Waals surface area contributed by atoms with Gasteiger partial charge in [-0.25, -0.2) is 0 Å². The summed E-state index contributed by atoms with van der Waals surface area (Å²) in [6.07, 6.45) is 9.38. The Labute approximate surface area is 129 Å². The summed E-state index contributed by atoms with van der Waals surface area (Å²) >= 11 is 0. The monoisotopic (exact) mass is 293 g/mol. The zero-order chi connectivity index (χ0) is 14.8. The molecule has 3 aliphatic rings. The van der Waals surface area contributed by atoms with E-state index < -0.39 is 0 Å². The summed E-state index contributed by atoms with van der Waals surface area (Å²) in [6, 6.07) is 0. The molecular weight excluding hydrogens is 262 g/mol. The van der Waals surface area contributed by atoms with Gasteiger partial charge in [-0.05, 0) is 63.7 Å². The molecule has 2 saturated carbocycles. The van der Waals surface area contributed by atoms with Gasteiger partial charge >= 0.3 is 0 Å². The van der Waals surface area contributed by atoms with Crippen LogP contribution in [0.25, 0.3) is 0 Å². The second kappa shape index (κ2) is 6.15. The van der Waals surface area contributed by atoms with Crippen molar-refractivity contribution < 1.29 is 4.74 Å². The van der Waals surface area contributed by atoms with E-state index in [1.54, 1.807) is 0 Å². The zero-order valence-electron chi connectivity index (χ0n) is 13.7. The first-order valence-corrected chi connectivity index (χ1v) is 8.82. The first kappa shape index (κ1) is 15.1. The summed E-state index contributed by atoms with van der Waals surface area (Å²) in [5.41, 5.74) is 0.539. The molecule has 1 saturated heterocycles. The SMILES string of the molecule is CCNC(=NCC1(C2CC2)CCC1)NCC1(C)CCCO1. The second-order valence-electron chi connectivity index (χ2n) is 7.44. The molecule has 21 heavy (non-hydrogen) atoms. The van der Waals surface area contributed by atoms with Crippen molar-refractivity contribution in [3.05, 3.63) is 0 Å². The van der Waals surface area contributed by atoms with Crippen LogP contribution >= 0.6 is 0 Å². The smallest absolute Gasteiger partial charge is 0.191 e. The number of ether oxygens (including phenoxy) is 1. The summed E-state index contributed by atoms with van der Waals surface area (Å²) in [4.78, 5) is 4.90. The normalized spacial score (nSPS) is 31.8. The minimum atomic E-state index is -0.0131. The minimum absolute atomic E-state index is 0.0131. The van der Waals surface area contributed by atoms with Gasteiger partial charge in [0.25, 0.3) is 0 Å². The first-order valence-electron chi connectivity index (χ1n) is 8.82. The molecule has 4 heteroatoms. The molecule has 2 aliphatic carbocycles. The van der Waals surface area contributed by atoms with Crippen LogP contribution in [0.15, 0.2) is 4.99 Å². The lowest BCUT2D eigenvalue weighted by Gasteiger charge is -2.41. The van der Waals surface area contributed by atoms with E-state index in [0.29, 0.717) is 5.41 Å². The van der Waals surface area contributed by atoms with E-state index in [-0.39, 0.29) is 5.60 Å². The molecule has 0 radical (unpaired) electrons. The van der Waals surface area contributed by atoms with Crippen LogP contribution in [0.3, 0.4) is 0 Å². The largest absolute Gasteiger partial charge is 0.373 e. The van der Waals surface area contributed by atoms with Gasteiger partial charge in [-0.3, -0.25) is 4.99 Å². The van der Waals surface area contributed by atoms with Crippen molar-refractivity contribution in [1.82, 2.24) is 10.6 Å². The Hall–Kier alpha value is -0.770. The Kier molecular flexibility index (Phi) is 4.43. The third-order valence-corrected chi connectivity index (χ3v) is 5.62. The van der Waals surface area contributed by atoms with E-state index in [0.717, 1.165) is 44.5 Å². The molecule has 3 rings (SSSR count). The highest BCUT2D eigenvalue weighted by Gasteiger charge is 2.48. The molecule has 0 spiro atoms. The maximum Gasteiger partial charge on any atom is 0.191 e. The van der Waals surface area contributed by atoms with Crippen molar-refractivity contribution in [3.63, 3.8) is 0 Å². The zero-order valence-corrected chi connectivity index (χ0v) is 13.7. The number of nitrogens with one attached hydrogen (secondary N) is 2. The molecule has 1 aliphatic heterocycles. The Morgan fingerprint density at radius 2 is 2.00 bits per heavy atom. The standard InChI is InChI=1S/C17H31N3O/c1-3-18-15(19-12-16(2)8-5-11-21-16)20-13-17(9-4-10-17)14-6-7-14/h14H,3-13H2,1-2H3,(H2,18,19,20). The van der Waals surface area contributed by atoms with Crippen molar-refractivity contribution in [1.29, 1.82) is 0 Å². The Balaban J connectivity index is 1.54. The van der Waals surface area contributed by atoms with E-state index >= 15 is 0 Å². The summed E-state index contributed by atoms with van der Waals surface area (Å²) in [6.45, 7) is 8.01. The predicted octanol–water partition coefficient (Wildman–Crippen LogP) is 2.69. The van der Waals surface area contributed by atoms with Crippen LogP contribution in [-0.2, 0) is 4.74 Å². The highest BCUT2D eigenvalue weighted by molar-refractivity contribution is 5.79. The highest BCUT2D eigenvalue weighted by atomic mass is 16.5. The number of aliphatic imine (C=N–C) groups is 1. The van der Waals surface area contributed by atoms with E-state index in [1.165, 1.54) is 38.5 Å². The van der Waals surface area contributed by atoms with Crippen LogP contribution in [0.1, 0.15) is 58.8 Å². The summed E-state index contributed by atoms with van der Waals surface area (Å²) in [5.74, 6) is 1.94. The molecule has 2 N–H and O–H groups in total. The summed E-state index contributed by atoms with van der Waals surface area (Å²) in [5, 5.41) is 6.88. The molecule has 0 amide bonds. The number of hydrogen-bond acceptors (Lipinski definition) is 2. The van der Waals surface area contributed by atoms with Gasteiger partial charge in [0.05, 0.1) is 5.60 Å². The maximum atomic E-state index is 5.85. The van der Waals surface area contributed by atoms with Gasteiger partial charge in [-0.1, -0.05) is 6.42 Å². The van der Waals surface area contributed by atoms with Crippen molar-refractivity contribution >= 4 is 5.96 Å². The molecule has 3 fully saturated rings. The number of nitrogens with zero attached hydrogens (tertiary/aromatic N) is 1. The Bertz CT molecular complexity index is 379. The molecule has 120 valence electrons. The van der Waals surface area contributed by atoms with Gasteiger partial charge in [0.1, 0.15) is 0 Å². The fourth-order valence-electron chi connectivity index (χ4n) is 3.85. The quantitative estimate of drug-likeness (QED) is 0.584. The fourth-order valence-corrected chi connectivity index (χ4v) is 3.85. The van der Waals surface area contributed by atoms with Gasteiger partial charge in [0, 0.05) is 26.2 Å². The van der Waals surface area contributed by atoms with Gasteiger partial charge in [-0.2, -0.15) is 0 Å². The molecule has 0 aromatic rings. The van der Waals surface area contributed by atoms with E-state index in [4.69, 9.17) is 9.73 Å². The fraction of sp³-hybridized carbons (Fsp3) is 0.941. The number of rotatable bonds is 6. The maximum absolute atomic E-state index is 5.85. The van der Waals surface area contributed by atoms with Gasteiger partial charge < -0.3 is 15.4 Å². The van der Waals surface area contributed by atoms with Crippen molar-refractivity contribution in [3.8, 4) is 0 Å². The lowest BCUT2D eigenvalue weighted by molar-refractivity contribution is 0.0242. The van der Waals surface area contributed by atoms with Crippen LogP contribution in [0.4, 0.5) is 0 Å². The molecule has 1 heterocycles. The topological polar surface area (TPSA) is 45.7 Å². The number of guanidine groups is 1. The van der Waals surface area contributed by atoms with Gasteiger partial charge in [0.15, 0.2) is 5.96 Å². The van der Waals surface area contributed by atoms with Crippen LogP contribution in [0.2, 0.25) is 0 Å². The average molecular weight is 293 g/mol. The lowest BCUT2D eigenvalue weighted by atomic mass is 9.65. The molecule has 0 aromatic heterocycles. The highest BCUT2D eigenvalue weighted by Crippen LogP contribution is 2.57. The number of hydrogen-bond donors (Lipinski definition) is 2. The van der Waals surface area contributed by atoms with Crippen molar-refractivity contribution in [2.75, 3.05) is 26.2 Å². The summed E-state index contributed by atoms with van der Waals surface area (Å²) < 4.78 is 5.85. The molecule has 0 aromatic carbocycles. The predicted molar refractivity (Wildman–Crippen MR) is 86.6 cm³/mol. The minimum Gasteiger partial charge on any atom is -0.373 e. The third kappa shape index (κ3) is 3.53. The molecular formula is C17H31N3O. The molecule has 1 unspecified atom stereocenters.